The van der Waals surface area contributed by atoms with Gasteiger partial charge in [0.25, 0.3) is 5.91 Å². The summed E-state index contributed by atoms with van der Waals surface area (Å²) in [6.07, 6.45) is 3.79. The highest BCUT2D eigenvalue weighted by molar-refractivity contribution is 6.02. The highest BCUT2D eigenvalue weighted by Crippen LogP contribution is 2.27. The number of carbonyl (C=O) groups is 2. The molecule has 0 spiro atoms. The molecule has 6 heteroatoms. The molecule has 2 amide bonds. The number of nitrogens with one attached hydrogen (secondary N) is 1. The van der Waals surface area contributed by atoms with Gasteiger partial charge in [0.15, 0.2) is 0 Å². The quantitative estimate of drug-likeness (QED) is 0.688. The second-order valence-electron chi connectivity index (χ2n) is 8.24. The number of aromatic nitrogens is 1. The molecule has 1 N–H and O–H groups in total. The maximum Gasteiger partial charge on any atom is 0.255 e. The van der Waals surface area contributed by atoms with E-state index in [9.17, 15) is 9.59 Å². The summed E-state index contributed by atoms with van der Waals surface area (Å²) < 4.78 is 0. The van der Waals surface area contributed by atoms with Crippen LogP contribution in [0.1, 0.15) is 41.6 Å². The number of carbonyl (C=O) groups excluding carboxylic acids is 2. The minimum absolute atomic E-state index is 0.112. The largest absolute Gasteiger partial charge is 0.356 e. The Morgan fingerprint density at radius 1 is 0.968 bits per heavy atom. The molecule has 5 rings (SSSR count). The van der Waals surface area contributed by atoms with E-state index in [0.717, 1.165) is 66.9 Å². The zero-order chi connectivity index (χ0) is 21.2. The molecule has 2 aromatic carbocycles. The Labute approximate surface area is 181 Å². The molecular formula is C25H26N4O2. The number of fused-ring (bicyclic) bond motifs is 1. The standard InChI is InChI=1S/C25H26N4O2/c30-23-8-5-15-29(23)20-11-9-18(10-12-20)17-26-25(31)21-16-19-6-1-2-7-22(19)27-24(21)28-13-3-4-14-28/h1-2,6-7,9-12,16H,3-5,8,13-15,17H2,(H,26,31). The second-order valence-corrected chi connectivity index (χ2v) is 8.24. The topological polar surface area (TPSA) is 65.5 Å². The first-order chi connectivity index (χ1) is 15.2. The monoisotopic (exact) mass is 414 g/mol. The van der Waals surface area contributed by atoms with Crippen molar-refractivity contribution in [2.24, 2.45) is 0 Å². The molecule has 31 heavy (non-hydrogen) atoms. The lowest BCUT2D eigenvalue weighted by molar-refractivity contribution is -0.117. The molecule has 158 valence electrons. The van der Waals surface area contributed by atoms with E-state index < -0.39 is 0 Å². The van der Waals surface area contributed by atoms with Gasteiger partial charge in [-0.1, -0.05) is 30.3 Å². The molecule has 2 fully saturated rings. The molecule has 0 radical (unpaired) electrons. The summed E-state index contributed by atoms with van der Waals surface area (Å²) in [4.78, 5) is 33.9. The molecule has 2 aliphatic rings. The molecule has 2 aliphatic heterocycles. The Balaban J connectivity index is 1.34. The molecule has 3 aromatic rings. The fourth-order valence-corrected chi connectivity index (χ4v) is 4.44. The first-order valence-corrected chi connectivity index (χ1v) is 11.0. The fraction of sp³-hybridized carbons (Fsp3) is 0.320. The molecule has 1 aromatic heterocycles. The van der Waals surface area contributed by atoms with Crippen molar-refractivity contribution in [1.29, 1.82) is 0 Å². The number of hydrogen-bond acceptors (Lipinski definition) is 4. The van der Waals surface area contributed by atoms with Gasteiger partial charge in [-0.05, 0) is 49.1 Å². The van der Waals surface area contributed by atoms with Crippen LogP contribution in [0.3, 0.4) is 0 Å². The molecule has 3 heterocycles. The van der Waals surface area contributed by atoms with E-state index in [4.69, 9.17) is 4.98 Å². The summed E-state index contributed by atoms with van der Waals surface area (Å²) in [5, 5.41) is 4.02. The van der Waals surface area contributed by atoms with Crippen molar-refractivity contribution < 1.29 is 9.59 Å². The van der Waals surface area contributed by atoms with Gasteiger partial charge in [0.1, 0.15) is 5.82 Å². The van der Waals surface area contributed by atoms with Crippen LogP contribution < -0.4 is 15.1 Å². The third kappa shape index (κ3) is 3.98. The maximum absolute atomic E-state index is 13.1. The second kappa shape index (κ2) is 8.38. The highest BCUT2D eigenvalue weighted by Gasteiger charge is 2.23. The Morgan fingerprint density at radius 3 is 2.48 bits per heavy atom. The number of amides is 2. The molecule has 0 bridgehead atoms. The van der Waals surface area contributed by atoms with Crippen LogP contribution in [0.25, 0.3) is 10.9 Å². The van der Waals surface area contributed by atoms with Crippen LogP contribution in [0.2, 0.25) is 0 Å². The first-order valence-electron chi connectivity index (χ1n) is 11.0. The Bertz CT molecular complexity index is 1120. The van der Waals surface area contributed by atoms with Crippen LogP contribution in [0.4, 0.5) is 11.5 Å². The Kier molecular flexibility index (Phi) is 5.28. The third-order valence-electron chi connectivity index (χ3n) is 6.13. The van der Waals surface area contributed by atoms with Gasteiger partial charge in [-0.15, -0.1) is 0 Å². The van der Waals surface area contributed by atoms with Crippen LogP contribution in [0, 0.1) is 0 Å². The smallest absolute Gasteiger partial charge is 0.255 e. The maximum atomic E-state index is 13.1. The number of para-hydroxylation sites is 1. The SMILES string of the molecule is O=C(NCc1ccc(N2CCCC2=O)cc1)c1cc2ccccc2nc1N1CCCC1. The Hall–Kier alpha value is -3.41. The predicted octanol–water partition coefficient (Wildman–Crippen LogP) is 3.89. The van der Waals surface area contributed by atoms with E-state index in [0.29, 0.717) is 18.5 Å². The average molecular weight is 415 g/mol. The number of hydrogen-bond donors (Lipinski definition) is 1. The van der Waals surface area contributed by atoms with Gasteiger partial charge in [-0.25, -0.2) is 4.98 Å². The lowest BCUT2D eigenvalue weighted by Crippen LogP contribution is -2.28. The number of nitrogens with zero attached hydrogens (tertiary/aromatic N) is 3. The minimum atomic E-state index is -0.112. The molecule has 0 aliphatic carbocycles. The van der Waals surface area contributed by atoms with E-state index in [1.54, 1.807) is 0 Å². The van der Waals surface area contributed by atoms with Crippen molar-refractivity contribution in [3.63, 3.8) is 0 Å². The van der Waals surface area contributed by atoms with E-state index in [1.807, 2.05) is 59.5 Å². The van der Waals surface area contributed by atoms with Gasteiger partial charge in [0.2, 0.25) is 5.91 Å². The van der Waals surface area contributed by atoms with Crippen molar-refractivity contribution >= 4 is 34.2 Å². The zero-order valence-electron chi connectivity index (χ0n) is 17.5. The molecule has 0 saturated carbocycles. The summed E-state index contributed by atoms with van der Waals surface area (Å²) >= 11 is 0. The van der Waals surface area contributed by atoms with E-state index in [2.05, 4.69) is 10.2 Å². The van der Waals surface area contributed by atoms with Crippen LogP contribution >= 0.6 is 0 Å². The summed E-state index contributed by atoms with van der Waals surface area (Å²) in [5.74, 6) is 0.842. The van der Waals surface area contributed by atoms with Crippen molar-refractivity contribution in [3.05, 3.63) is 65.7 Å². The van der Waals surface area contributed by atoms with Gasteiger partial charge in [-0.3, -0.25) is 9.59 Å². The average Bonchev–Trinajstić information content (AvgIpc) is 3.49. The zero-order valence-corrected chi connectivity index (χ0v) is 17.5. The van der Waals surface area contributed by atoms with Crippen LogP contribution in [0.15, 0.2) is 54.6 Å². The third-order valence-corrected chi connectivity index (χ3v) is 6.13. The van der Waals surface area contributed by atoms with Crippen LogP contribution in [0.5, 0.6) is 0 Å². The van der Waals surface area contributed by atoms with Crippen LogP contribution in [-0.2, 0) is 11.3 Å². The Morgan fingerprint density at radius 2 is 1.74 bits per heavy atom. The van der Waals surface area contributed by atoms with Crippen molar-refractivity contribution in [2.75, 3.05) is 29.4 Å². The van der Waals surface area contributed by atoms with Gasteiger partial charge < -0.3 is 15.1 Å². The summed E-state index contributed by atoms with van der Waals surface area (Å²) in [6, 6.07) is 17.7. The summed E-state index contributed by atoms with van der Waals surface area (Å²) in [5.41, 5.74) is 3.46. The number of pyridine rings is 1. The normalized spacial score (nSPS) is 16.3. The number of rotatable bonds is 5. The van der Waals surface area contributed by atoms with Crippen LogP contribution in [-0.4, -0.2) is 36.4 Å². The predicted molar refractivity (Wildman–Crippen MR) is 122 cm³/mol. The minimum Gasteiger partial charge on any atom is -0.356 e. The number of benzene rings is 2. The fourth-order valence-electron chi connectivity index (χ4n) is 4.44. The van der Waals surface area contributed by atoms with Gasteiger partial charge in [0, 0.05) is 43.7 Å². The first kappa shape index (κ1) is 19.5. The summed E-state index contributed by atoms with van der Waals surface area (Å²) in [7, 11) is 0. The molecule has 6 nitrogen and oxygen atoms in total. The summed E-state index contributed by atoms with van der Waals surface area (Å²) in [6.45, 7) is 3.08. The van der Waals surface area contributed by atoms with Crippen molar-refractivity contribution in [2.45, 2.75) is 32.2 Å². The van der Waals surface area contributed by atoms with Crippen molar-refractivity contribution in [3.8, 4) is 0 Å². The molecule has 0 unspecified atom stereocenters. The van der Waals surface area contributed by atoms with Gasteiger partial charge in [0.05, 0.1) is 11.1 Å². The molecule has 2 saturated heterocycles. The van der Waals surface area contributed by atoms with E-state index in [-0.39, 0.29) is 11.8 Å². The van der Waals surface area contributed by atoms with E-state index in [1.165, 1.54) is 0 Å². The number of anilines is 2. The van der Waals surface area contributed by atoms with Gasteiger partial charge in [-0.2, -0.15) is 0 Å². The lowest BCUT2D eigenvalue weighted by atomic mass is 10.1. The van der Waals surface area contributed by atoms with E-state index >= 15 is 0 Å². The molecular weight excluding hydrogens is 388 g/mol. The van der Waals surface area contributed by atoms with Crippen molar-refractivity contribution in [1.82, 2.24) is 10.3 Å². The van der Waals surface area contributed by atoms with Gasteiger partial charge >= 0.3 is 0 Å². The molecule has 0 atom stereocenters. The highest BCUT2D eigenvalue weighted by atomic mass is 16.2. The lowest BCUT2D eigenvalue weighted by Gasteiger charge is -2.20.